The third-order valence-corrected chi connectivity index (χ3v) is 6.65. The number of rotatable bonds is 8. The summed E-state index contributed by atoms with van der Waals surface area (Å²) in [5.74, 6) is 1.02. The predicted octanol–water partition coefficient (Wildman–Crippen LogP) is 3.57. The van der Waals surface area contributed by atoms with Gasteiger partial charge in [-0.15, -0.1) is 0 Å². The van der Waals surface area contributed by atoms with Crippen LogP contribution in [-0.4, -0.2) is 50.1 Å². The lowest BCUT2D eigenvalue weighted by Crippen LogP contribution is -2.42. The molecule has 0 fully saturated rings. The Morgan fingerprint density at radius 2 is 2.11 bits per heavy atom. The van der Waals surface area contributed by atoms with Crippen LogP contribution in [-0.2, 0) is 37.2 Å². The van der Waals surface area contributed by atoms with Crippen LogP contribution in [0.25, 0.3) is 11.0 Å². The summed E-state index contributed by atoms with van der Waals surface area (Å²) in [6.45, 7) is 5.18. The molecule has 0 saturated carbocycles. The molecule has 4 aromatic rings. The lowest BCUT2D eigenvalue weighted by atomic mass is 9.96. The van der Waals surface area contributed by atoms with Crippen molar-refractivity contribution in [1.82, 2.24) is 29.6 Å². The number of aromatic nitrogens is 5. The van der Waals surface area contributed by atoms with Crippen molar-refractivity contribution >= 4 is 22.8 Å². The average molecular weight is 474 g/mol. The van der Waals surface area contributed by atoms with Crippen molar-refractivity contribution in [2.45, 2.75) is 51.9 Å². The molecule has 1 amide bonds. The lowest BCUT2D eigenvalue weighted by Gasteiger charge is -2.34. The van der Waals surface area contributed by atoms with Crippen molar-refractivity contribution in [2.24, 2.45) is 0 Å². The number of nitrogens with one attached hydrogen (secondary N) is 1. The molecule has 1 aliphatic heterocycles. The molecule has 0 spiro atoms. The monoisotopic (exact) mass is 473 g/mol. The van der Waals surface area contributed by atoms with Crippen LogP contribution in [0.4, 0.5) is 10.5 Å². The van der Waals surface area contributed by atoms with E-state index >= 15 is 0 Å². The summed E-state index contributed by atoms with van der Waals surface area (Å²) in [6.07, 6.45) is 9.65. The van der Waals surface area contributed by atoms with Gasteiger partial charge < -0.3 is 14.6 Å². The first-order valence-electron chi connectivity index (χ1n) is 12.1. The third kappa shape index (κ3) is 4.77. The van der Waals surface area contributed by atoms with Crippen molar-refractivity contribution in [3.05, 3.63) is 72.1 Å². The summed E-state index contributed by atoms with van der Waals surface area (Å²) >= 11 is 0. The van der Waals surface area contributed by atoms with Crippen LogP contribution < -0.4 is 10.2 Å². The van der Waals surface area contributed by atoms with Gasteiger partial charge in [0.1, 0.15) is 5.82 Å². The zero-order chi connectivity index (χ0) is 24.2. The largest absolute Gasteiger partial charge is 0.452 e. The van der Waals surface area contributed by atoms with E-state index in [0.29, 0.717) is 0 Å². The maximum atomic E-state index is 12.5. The average Bonchev–Trinajstić information content (AvgIpc) is 3.53. The molecule has 9 nitrogen and oxygen atoms in total. The van der Waals surface area contributed by atoms with Gasteiger partial charge in [-0.05, 0) is 49.6 Å². The molecule has 1 aromatic carbocycles. The van der Waals surface area contributed by atoms with Crippen molar-refractivity contribution in [3.8, 4) is 0 Å². The van der Waals surface area contributed by atoms with Gasteiger partial charge in [-0.1, -0.05) is 6.07 Å². The van der Waals surface area contributed by atoms with Crippen LogP contribution in [0.1, 0.15) is 30.3 Å². The fourth-order valence-electron chi connectivity index (χ4n) is 4.87. The van der Waals surface area contributed by atoms with Crippen molar-refractivity contribution in [1.29, 1.82) is 0 Å². The van der Waals surface area contributed by atoms with Crippen LogP contribution in [0.15, 0.2) is 55.1 Å². The molecular formula is C26H31N7O2. The molecule has 182 valence electrons. The molecule has 0 unspecified atom stereocenters. The Morgan fingerprint density at radius 3 is 2.89 bits per heavy atom. The highest BCUT2D eigenvalue weighted by Gasteiger charge is 2.31. The number of aryl methyl sites for hydroxylation is 3. The Bertz CT molecular complexity index is 1280. The van der Waals surface area contributed by atoms with Gasteiger partial charge in [-0.2, -0.15) is 5.10 Å². The Hall–Kier alpha value is -3.72. The van der Waals surface area contributed by atoms with Gasteiger partial charge in [-0.25, -0.2) is 9.78 Å². The standard InChI is InChI=1S/C26H31N7O2/c1-19-6-7-21-22(33(19)26(34)35-2)8-9-23-25(21)30-24(10-15-31-14-4-12-29-31)32(23)16-13-28-18-20-5-3-11-27-17-20/h3-5,8-9,11-12,14,17,19,28H,6-7,10,13,15-16,18H2,1-2H3/t19-/m0/s1. The predicted molar refractivity (Wildman–Crippen MR) is 134 cm³/mol. The number of nitrogens with zero attached hydrogens (tertiary/aromatic N) is 6. The topological polar surface area (TPSA) is 90.1 Å². The van der Waals surface area contributed by atoms with E-state index in [2.05, 4.69) is 39.0 Å². The van der Waals surface area contributed by atoms with E-state index in [1.165, 1.54) is 7.11 Å². The van der Waals surface area contributed by atoms with Gasteiger partial charge in [0.15, 0.2) is 0 Å². The van der Waals surface area contributed by atoms with Crippen molar-refractivity contribution < 1.29 is 9.53 Å². The summed E-state index contributed by atoms with van der Waals surface area (Å²) in [6, 6.07) is 10.2. The van der Waals surface area contributed by atoms with Crippen LogP contribution in [0, 0.1) is 0 Å². The van der Waals surface area contributed by atoms with E-state index < -0.39 is 0 Å². The van der Waals surface area contributed by atoms with Gasteiger partial charge in [0.05, 0.1) is 23.8 Å². The van der Waals surface area contributed by atoms with E-state index in [-0.39, 0.29) is 12.1 Å². The van der Waals surface area contributed by atoms with E-state index in [4.69, 9.17) is 9.72 Å². The lowest BCUT2D eigenvalue weighted by molar-refractivity contribution is 0.175. The summed E-state index contributed by atoms with van der Waals surface area (Å²) in [4.78, 5) is 23.6. The molecule has 1 aliphatic rings. The number of hydrogen-bond acceptors (Lipinski definition) is 6. The molecule has 0 saturated heterocycles. The number of carbonyl (C=O) groups excluding carboxylic acids is 1. The van der Waals surface area contributed by atoms with Crippen LogP contribution in [0.2, 0.25) is 0 Å². The molecule has 5 rings (SSSR count). The molecule has 9 heteroatoms. The smallest absolute Gasteiger partial charge is 0.414 e. The second kappa shape index (κ2) is 10.3. The van der Waals surface area contributed by atoms with Crippen LogP contribution in [0.3, 0.4) is 0 Å². The van der Waals surface area contributed by atoms with Gasteiger partial charge in [0.2, 0.25) is 0 Å². The maximum Gasteiger partial charge on any atom is 0.414 e. The number of ether oxygens (including phenoxy) is 1. The quantitative estimate of drug-likeness (QED) is 0.394. The minimum absolute atomic E-state index is 0.0884. The third-order valence-electron chi connectivity index (χ3n) is 6.65. The van der Waals surface area contributed by atoms with Gasteiger partial charge in [0, 0.05) is 69.0 Å². The van der Waals surface area contributed by atoms with Gasteiger partial charge >= 0.3 is 6.09 Å². The first-order chi connectivity index (χ1) is 17.2. The molecule has 3 aromatic heterocycles. The fourth-order valence-corrected chi connectivity index (χ4v) is 4.87. The second-order valence-electron chi connectivity index (χ2n) is 8.90. The van der Waals surface area contributed by atoms with E-state index in [9.17, 15) is 4.79 Å². The van der Waals surface area contributed by atoms with Crippen molar-refractivity contribution in [2.75, 3.05) is 18.6 Å². The number of hydrogen-bond donors (Lipinski definition) is 1. The SMILES string of the molecule is COC(=O)N1c2ccc3c(nc(CCn4cccn4)n3CCNCc3cccnc3)c2CC[C@@H]1C. The Morgan fingerprint density at radius 1 is 1.20 bits per heavy atom. The highest BCUT2D eigenvalue weighted by atomic mass is 16.5. The number of methoxy groups -OCH3 is 1. The summed E-state index contributed by atoms with van der Waals surface area (Å²) < 4.78 is 9.31. The summed E-state index contributed by atoms with van der Waals surface area (Å²) in [7, 11) is 1.43. The van der Waals surface area contributed by atoms with E-state index in [0.717, 1.165) is 79.1 Å². The van der Waals surface area contributed by atoms with Crippen LogP contribution >= 0.6 is 0 Å². The number of imidazole rings is 1. The molecule has 4 heterocycles. The second-order valence-corrected chi connectivity index (χ2v) is 8.90. The Labute approximate surface area is 204 Å². The van der Waals surface area contributed by atoms with Crippen LogP contribution in [0.5, 0.6) is 0 Å². The summed E-state index contributed by atoms with van der Waals surface area (Å²) in [5.41, 5.74) is 5.26. The summed E-state index contributed by atoms with van der Waals surface area (Å²) in [5, 5.41) is 7.87. The first-order valence-corrected chi connectivity index (χ1v) is 12.1. The molecule has 1 atom stereocenters. The zero-order valence-electron chi connectivity index (χ0n) is 20.2. The van der Waals surface area contributed by atoms with Gasteiger partial charge in [0.25, 0.3) is 0 Å². The highest BCUT2D eigenvalue weighted by Crippen LogP contribution is 2.36. The Balaban J connectivity index is 1.44. The van der Waals surface area contributed by atoms with E-state index in [1.807, 2.05) is 35.3 Å². The molecule has 1 N–H and O–H groups in total. The number of benzene rings is 1. The molecular weight excluding hydrogens is 442 g/mol. The zero-order valence-corrected chi connectivity index (χ0v) is 20.2. The number of anilines is 1. The Kier molecular flexibility index (Phi) is 6.76. The highest BCUT2D eigenvalue weighted by molar-refractivity contribution is 5.95. The van der Waals surface area contributed by atoms with E-state index in [1.54, 1.807) is 17.3 Å². The normalized spacial score (nSPS) is 15.4. The molecule has 0 bridgehead atoms. The molecule has 0 radical (unpaired) electrons. The minimum Gasteiger partial charge on any atom is -0.452 e. The molecule has 0 aliphatic carbocycles. The molecule has 35 heavy (non-hydrogen) atoms. The van der Waals surface area contributed by atoms with Gasteiger partial charge in [-0.3, -0.25) is 14.6 Å². The number of amides is 1. The number of fused-ring (bicyclic) bond motifs is 3. The fraction of sp³-hybridized carbons (Fsp3) is 0.385. The maximum absolute atomic E-state index is 12.5. The number of pyridine rings is 1. The minimum atomic E-state index is -0.323. The number of carbonyl (C=O) groups is 1. The van der Waals surface area contributed by atoms with Crippen molar-refractivity contribution in [3.63, 3.8) is 0 Å². The first kappa shape index (κ1) is 23.0.